The molecule has 2 rings (SSSR count). The standard InChI is InChI=1S/C17H16O2.2ClH.Ru/c1-13-8-6-7-11-17(13)19-14(2)16(18)12-15-9-4-3-5-10-15;;;/h1,3-11,14H,12H2,2H3;2*1H;/q;;;+2/p-2. The van der Waals surface area contributed by atoms with Gasteiger partial charge in [0.2, 0.25) is 0 Å². The second-order valence-corrected chi connectivity index (χ2v) is 10.5. The molecule has 0 aliphatic heterocycles. The molecule has 0 aliphatic carbocycles. The summed E-state index contributed by atoms with van der Waals surface area (Å²) in [5.74, 6) is 0.670. The quantitative estimate of drug-likeness (QED) is 0.645. The van der Waals surface area contributed by atoms with Gasteiger partial charge >= 0.3 is 144 Å². The van der Waals surface area contributed by atoms with Gasteiger partial charge < -0.3 is 0 Å². The zero-order valence-electron chi connectivity index (χ0n) is 12.0. The van der Waals surface area contributed by atoms with E-state index in [1.807, 2.05) is 59.2 Å². The van der Waals surface area contributed by atoms with E-state index in [4.69, 9.17) is 24.1 Å². The Bertz CT molecular complexity index is 667. The maximum absolute atomic E-state index is 12.3. The van der Waals surface area contributed by atoms with Crippen molar-refractivity contribution in [2.75, 3.05) is 0 Å². The molecule has 0 aliphatic rings. The first-order chi connectivity index (χ1) is 10.6. The van der Waals surface area contributed by atoms with Gasteiger partial charge in [-0.2, -0.15) is 0 Å². The summed E-state index contributed by atoms with van der Waals surface area (Å²) in [7, 11) is 11.8. The van der Waals surface area contributed by atoms with Crippen molar-refractivity contribution >= 4 is 29.8 Å². The number of halogens is 2. The van der Waals surface area contributed by atoms with E-state index in [2.05, 4.69) is 0 Å². The monoisotopic (exact) mass is 424 g/mol. The fourth-order valence-electron chi connectivity index (χ4n) is 1.95. The number of carbonyl (C=O) groups is 1. The Morgan fingerprint density at radius 1 is 1.14 bits per heavy atom. The number of hydrogen-bond donors (Lipinski definition) is 0. The molecule has 0 N–H and O–H groups in total. The van der Waals surface area contributed by atoms with Crippen LogP contribution >= 0.6 is 19.4 Å². The van der Waals surface area contributed by atoms with Crippen molar-refractivity contribution in [1.82, 2.24) is 0 Å². The topological polar surface area (TPSA) is 26.3 Å². The van der Waals surface area contributed by atoms with Crippen LogP contribution in [0.25, 0.3) is 0 Å². The second-order valence-electron chi connectivity index (χ2n) is 4.73. The molecule has 1 unspecified atom stereocenters. The summed E-state index contributed by atoms with van der Waals surface area (Å²) in [6.45, 7) is 1.76. The molecule has 22 heavy (non-hydrogen) atoms. The molecule has 0 radical (unpaired) electrons. The molecule has 0 saturated heterocycles. The summed E-state index contributed by atoms with van der Waals surface area (Å²) in [6.07, 6.45) is -0.169. The Balaban J connectivity index is 2.07. The van der Waals surface area contributed by atoms with Crippen molar-refractivity contribution in [1.29, 1.82) is 0 Å². The van der Waals surface area contributed by atoms with Crippen molar-refractivity contribution in [3.8, 4) is 5.75 Å². The van der Waals surface area contributed by atoms with Crippen LogP contribution in [0.4, 0.5) is 0 Å². The summed E-state index contributed by atoms with van der Waals surface area (Å²) in [5.41, 5.74) is 1.82. The van der Waals surface area contributed by atoms with E-state index in [1.165, 1.54) is 0 Å². The van der Waals surface area contributed by atoms with Crippen LogP contribution < -0.4 is 4.74 Å². The Morgan fingerprint density at radius 3 is 2.45 bits per heavy atom. The normalized spacial score (nSPS) is 12.4. The van der Waals surface area contributed by atoms with Crippen LogP contribution in [0.3, 0.4) is 0 Å². The second kappa shape index (κ2) is 8.57. The van der Waals surface area contributed by atoms with Gasteiger partial charge in [-0.25, -0.2) is 0 Å². The molecule has 0 heterocycles. The molecule has 1 atom stereocenters. The molecule has 0 saturated carbocycles. The first-order valence-electron chi connectivity index (χ1n) is 6.72. The molecular weight excluding hydrogens is 408 g/mol. The zero-order valence-corrected chi connectivity index (χ0v) is 15.2. The number of para-hydroxylation sites is 1. The Hall–Kier alpha value is -1.02. The predicted molar refractivity (Wildman–Crippen MR) is 88.6 cm³/mol. The van der Waals surface area contributed by atoms with E-state index in [0.29, 0.717) is 12.2 Å². The van der Waals surface area contributed by atoms with Crippen LogP contribution in [-0.4, -0.2) is 16.5 Å². The summed E-state index contributed by atoms with van der Waals surface area (Å²) < 4.78 is 7.62. The Kier molecular flexibility index (Phi) is 6.76. The van der Waals surface area contributed by atoms with E-state index in [-0.39, 0.29) is 5.78 Å². The van der Waals surface area contributed by atoms with E-state index >= 15 is 0 Å². The van der Waals surface area contributed by atoms with Gasteiger partial charge in [0.15, 0.2) is 0 Å². The van der Waals surface area contributed by atoms with E-state index in [9.17, 15) is 4.79 Å². The average Bonchev–Trinajstić information content (AvgIpc) is 2.49. The van der Waals surface area contributed by atoms with E-state index in [1.54, 1.807) is 6.92 Å². The average molecular weight is 424 g/mol. The molecule has 2 aromatic carbocycles. The molecule has 0 fully saturated rings. The minimum atomic E-state index is -1.94. The summed E-state index contributed by atoms with van der Waals surface area (Å²) in [6, 6.07) is 17.1. The number of hydrogen-bond acceptors (Lipinski definition) is 2. The molecule has 5 heteroatoms. The third kappa shape index (κ3) is 5.32. The van der Waals surface area contributed by atoms with Gasteiger partial charge in [-0.3, -0.25) is 0 Å². The summed E-state index contributed by atoms with van der Waals surface area (Å²) >= 11 is -1.94. The van der Waals surface area contributed by atoms with Crippen molar-refractivity contribution in [2.24, 2.45) is 0 Å². The molecule has 2 aromatic rings. The number of carbonyl (C=O) groups excluding carboxylic acids is 1. The fraction of sp³-hybridized carbons (Fsp3) is 0.176. The van der Waals surface area contributed by atoms with Gasteiger partial charge in [0, 0.05) is 0 Å². The zero-order chi connectivity index (χ0) is 15.9. The van der Waals surface area contributed by atoms with E-state index in [0.717, 1.165) is 11.1 Å². The third-order valence-electron chi connectivity index (χ3n) is 3.08. The van der Waals surface area contributed by atoms with Crippen LogP contribution in [0.15, 0.2) is 54.6 Å². The van der Waals surface area contributed by atoms with Crippen LogP contribution in [-0.2, 0) is 24.7 Å². The van der Waals surface area contributed by atoms with Gasteiger partial charge in [-0.1, -0.05) is 0 Å². The van der Waals surface area contributed by atoms with Crippen molar-refractivity contribution in [2.45, 2.75) is 19.4 Å². The number of rotatable bonds is 6. The Labute approximate surface area is 143 Å². The van der Waals surface area contributed by atoms with Gasteiger partial charge in [0.1, 0.15) is 0 Å². The molecule has 0 spiro atoms. The number of benzene rings is 2. The van der Waals surface area contributed by atoms with E-state index < -0.39 is 19.6 Å². The van der Waals surface area contributed by atoms with Crippen molar-refractivity contribution in [3.05, 3.63) is 65.7 Å². The van der Waals surface area contributed by atoms with Gasteiger partial charge in [0.05, 0.1) is 0 Å². The number of ether oxygens (including phenoxy) is 1. The first kappa shape index (κ1) is 17.3. The molecule has 118 valence electrons. The van der Waals surface area contributed by atoms with Crippen LogP contribution in [0, 0.1) is 0 Å². The predicted octanol–water partition coefficient (Wildman–Crippen LogP) is 4.34. The fourth-order valence-corrected chi connectivity index (χ4v) is 3.76. The minimum absolute atomic E-state index is 0.0342. The van der Waals surface area contributed by atoms with Crippen LogP contribution in [0.2, 0.25) is 0 Å². The Morgan fingerprint density at radius 2 is 1.77 bits per heavy atom. The van der Waals surface area contributed by atoms with Gasteiger partial charge in [-0.05, 0) is 0 Å². The number of ketones is 1. The molecule has 0 amide bonds. The number of Topliss-reactive ketones (excluding diaryl/α,β-unsaturated/α-hetero) is 1. The molecule has 0 bridgehead atoms. The van der Waals surface area contributed by atoms with Gasteiger partial charge in [-0.15, -0.1) is 0 Å². The van der Waals surface area contributed by atoms with Crippen molar-refractivity contribution < 1.29 is 23.0 Å². The molecule has 0 aromatic heterocycles. The van der Waals surface area contributed by atoms with Gasteiger partial charge in [0.25, 0.3) is 0 Å². The maximum atomic E-state index is 12.3. The molecule has 2 nitrogen and oxygen atoms in total. The summed E-state index contributed by atoms with van der Waals surface area (Å²) in [4.78, 5) is 12.3. The third-order valence-corrected chi connectivity index (χ3v) is 4.92. The SMILES string of the molecule is CC(Oc1ccccc1[CH]=[Ru]([Cl])[Cl])C(=O)Cc1ccccc1. The van der Waals surface area contributed by atoms with Crippen molar-refractivity contribution in [3.63, 3.8) is 0 Å². The van der Waals surface area contributed by atoms with Crippen LogP contribution in [0.5, 0.6) is 5.75 Å². The molecular formula is C17H16Cl2O2Ru. The summed E-state index contributed by atoms with van der Waals surface area (Å²) in [5, 5.41) is 0. The first-order valence-corrected chi connectivity index (χ1v) is 12.2. The van der Waals surface area contributed by atoms with Crippen LogP contribution in [0.1, 0.15) is 18.1 Å².